The minimum Gasteiger partial charge on any atom is -0.463 e. The molecule has 0 radical (unpaired) electrons. The Kier molecular flexibility index (Phi) is 5.99. The second-order valence-electron chi connectivity index (χ2n) is 10.5. The second kappa shape index (κ2) is 8.25. The Balaban J connectivity index is 1.60. The average Bonchev–Trinajstić information content (AvgIpc) is 3.02. The third-order valence-electron chi connectivity index (χ3n) is 9.04. The summed E-state index contributed by atoms with van der Waals surface area (Å²) in [5.41, 5.74) is -0.205. The Labute approximate surface area is 179 Å². The maximum absolute atomic E-state index is 12.5. The van der Waals surface area contributed by atoms with Gasteiger partial charge >= 0.3 is 11.9 Å². The molecule has 0 amide bonds. The monoisotopic (exact) mass is 420 g/mol. The van der Waals surface area contributed by atoms with Crippen LogP contribution in [0.15, 0.2) is 0 Å². The van der Waals surface area contributed by atoms with E-state index in [1.165, 1.54) is 13.8 Å². The molecule has 0 aromatic rings. The summed E-state index contributed by atoms with van der Waals surface area (Å²) in [6.45, 7) is 4.75. The first-order chi connectivity index (χ1) is 14.2. The van der Waals surface area contributed by atoms with Gasteiger partial charge < -0.3 is 14.6 Å². The van der Waals surface area contributed by atoms with Gasteiger partial charge in [-0.1, -0.05) is 6.92 Å². The van der Waals surface area contributed by atoms with Gasteiger partial charge in [0.25, 0.3) is 0 Å². The van der Waals surface area contributed by atoms with Gasteiger partial charge in [-0.3, -0.25) is 14.4 Å². The number of hydrogen-bond donors (Lipinski definition) is 1. The van der Waals surface area contributed by atoms with Crippen molar-refractivity contribution in [3.8, 4) is 0 Å². The molecule has 0 spiro atoms. The molecule has 0 heterocycles. The minimum absolute atomic E-state index is 0.0133. The van der Waals surface area contributed by atoms with Crippen LogP contribution in [0, 0.1) is 40.9 Å². The Morgan fingerprint density at radius 2 is 1.63 bits per heavy atom. The van der Waals surface area contributed by atoms with E-state index in [0.717, 1.165) is 44.9 Å². The largest absolute Gasteiger partial charge is 0.463 e. The normalized spacial score (nSPS) is 44.9. The predicted molar refractivity (Wildman–Crippen MR) is 109 cm³/mol. The highest BCUT2D eigenvalue weighted by Gasteiger charge is 2.62. The molecule has 0 bridgehead atoms. The highest BCUT2D eigenvalue weighted by Crippen LogP contribution is 2.64. The standard InChI is InChI=1S/C24H36O6/c1-13(26)29-16-5-7-17-15(10-16)4-6-18-19-8-9-20(21(28)12-25)24(19,3)11-22(23(17)18)30-14(2)27/h15-20,22-23,25H,4-12H2,1-3H3/t15-,16+,17-,18-,19-,20+,22+,23+,24-/m0/s1. The van der Waals surface area contributed by atoms with Crippen LogP contribution < -0.4 is 0 Å². The fourth-order valence-electron chi connectivity index (χ4n) is 8.16. The maximum atomic E-state index is 12.5. The van der Waals surface area contributed by atoms with Crippen molar-refractivity contribution < 1.29 is 29.0 Å². The number of ketones is 1. The van der Waals surface area contributed by atoms with Gasteiger partial charge in [0.05, 0.1) is 0 Å². The summed E-state index contributed by atoms with van der Waals surface area (Å²) < 4.78 is 11.5. The second-order valence-corrected chi connectivity index (χ2v) is 10.5. The first-order valence-electron chi connectivity index (χ1n) is 11.7. The molecule has 4 aliphatic rings. The maximum Gasteiger partial charge on any atom is 0.302 e. The van der Waals surface area contributed by atoms with Gasteiger partial charge in [-0.15, -0.1) is 0 Å². The van der Waals surface area contributed by atoms with E-state index in [0.29, 0.717) is 36.0 Å². The summed E-state index contributed by atoms with van der Waals surface area (Å²) in [6, 6.07) is 0. The van der Waals surface area contributed by atoms with E-state index in [-0.39, 0.29) is 41.3 Å². The highest BCUT2D eigenvalue weighted by atomic mass is 16.5. The summed E-state index contributed by atoms with van der Waals surface area (Å²) in [5, 5.41) is 9.51. The smallest absolute Gasteiger partial charge is 0.302 e. The quantitative estimate of drug-likeness (QED) is 0.702. The molecule has 0 unspecified atom stereocenters. The molecule has 0 saturated heterocycles. The fraction of sp³-hybridized carbons (Fsp3) is 0.875. The molecule has 4 fully saturated rings. The summed E-state index contributed by atoms with van der Waals surface area (Å²) in [4.78, 5) is 35.9. The number of fused-ring (bicyclic) bond motifs is 5. The van der Waals surface area contributed by atoms with E-state index >= 15 is 0 Å². The lowest BCUT2D eigenvalue weighted by Crippen LogP contribution is -2.56. The zero-order valence-corrected chi connectivity index (χ0v) is 18.5. The van der Waals surface area contributed by atoms with Gasteiger partial charge in [0.1, 0.15) is 18.8 Å². The van der Waals surface area contributed by atoms with E-state index in [2.05, 4.69) is 6.92 Å². The molecule has 9 atom stereocenters. The van der Waals surface area contributed by atoms with Crippen molar-refractivity contribution in [1.29, 1.82) is 0 Å². The van der Waals surface area contributed by atoms with Crippen LogP contribution >= 0.6 is 0 Å². The first-order valence-corrected chi connectivity index (χ1v) is 11.7. The number of hydrogen-bond acceptors (Lipinski definition) is 6. The molecule has 168 valence electrons. The Morgan fingerprint density at radius 3 is 2.30 bits per heavy atom. The number of aliphatic hydroxyl groups is 1. The highest BCUT2D eigenvalue weighted by molar-refractivity contribution is 5.83. The lowest BCUT2D eigenvalue weighted by atomic mass is 9.48. The van der Waals surface area contributed by atoms with Gasteiger partial charge in [0, 0.05) is 25.7 Å². The molecule has 6 heteroatoms. The zero-order valence-electron chi connectivity index (χ0n) is 18.5. The molecule has 4 aliphatic carbocycles. The topological polar surface area (TPSA) is 89.9 Å². The lowest BCUT2D eigenvalue weighted by Gasteiger charge is -2.58. The number of rotatable bonds is 4. The summed E-state index contributed by atoms with van der Waals surface area (Å²) >= 11 is 0. The van der Waals surface area contributed by atoms with E-state index in [9.17, 15) is 19.5 Å². The number of ether oxygens (including phenoxy) is 2. The average molecular weight is 421 g/mol. The van der Waals surface area contributed by atoms with Crippen LogP contribution in [0.1, 0.15) is 72.1 Å². The molecule has 4 saturated carbocycles. The van der Waals surface area contributed by atoms with Gasteiger partial charge in [0.2, 0.25) is 0 Å². The third-order valence-corrected chi connectivity index (χ3v) is 9.04. The number of esters is 2. The molecule has 0 aliphatic heterocycles. The van der Waals surface area contributed by atoms with E-state index in [1.54, 1.807) is 0 Å². The van der Waals surface area contributed by atoms with E-state index in [1.807, 2.05) is 0 Å². The van der Waals surface area contributed by atoms with Crippen LogP contribution in [0.4, 0.5) is 0 Å². The van der Waals surface area contributed by atoms with Gasteiger partial charge in [-0.2, -0.15) is 0 Å². The van der Waals surface area contributed by atoms with Crippen molar-refractivity contribution in [2.45, 2.75) is 84.3 Å². The van der Waals surface area contributed by atoms with Gasteiger partial charge in [-0.25, -0.2) is 0 Å². The Morgan fingerprint density at radius 1 is 0.933 bits per heavy atom. The van der Waals surface area contributed by atoms with Gasteiger partial charge in [-0.05, 0) is 80.5 Å². The Bertz CT molecular complexity index is 704. The van der Waals surface area contributed by atoms with Crippen molar-refractivity contribution in [2.24, 2.45) is 40.9 Å². The molecule has 6 nitrogen and oxygen atoms in total. The zero-order chi connectivity index (χ0) is 21.6. The molecular formula is C24H36O6. The molecular weight excluding hydrogens is 384 g/mol. The number of carbonyl (C=O) groups is 3. The minimum atomic E-state index is -0.401. The molecule has 0 aromatic heterocycles. The van der Waals surface area contributed by atoms with Crippen molar-refractivity contribution in [3.63, 3.8) is 0 Å². The number of carbonyl (C=O) groups excluding carboxylic acids is 3. The first kappa shape index (κ1) is 21.8. The van der Waals surface area contributed by atoms with Crippen molar-refractivity contribution in [1.82, 2.24) is 0 Å². The molecule has 30 heavy (non-hydrogen) atoms. The van der Waals surface area contributed by atoms with Crippen LogP contribution in [-0.2, 0) is 23.9 Å². The van der Waals surface area contributed by atoms with Crippen molar-refractivity contribution in [2.75, 3.05) is 6.61 Å². The third kappa shape index (κ3) is 3.69. The van der Waals surface area contributed by atoms with Crippen LogP contribution in [-0.4, -0.2) is 41.6 Å². The van der Waals surface area contributed by atoms with Gasteiger partial charge in [0.15, 0.2) is 5.78 Å². The fourth-order valence-corrected chi connectivity index (χ4v) is 8.16. The van der Waals surface area contributed by atoms with Crippen LogP contribution in [0.3, 0.4) is 0 Å². The van der Waals surface area contributed by atoms with E-state index < -0.39 is 6.61 Å². The SMILES string of the molecule is CC(=O)O[C@@H]1CC[C@H]2[C@@H](CC[C@@H]3[C@@H]2[C@H](OC(C)=O)C[C@]2(C)[C@@H](C(=O)CO)CC[C@@H]32)C1. The number of aliphatic hydroxyl groups excluding tert-OH is 1. The molecule has 4 rings (SSSR count). The van der Waals surface area contributed by atoms with E-state index in [4.69, 9.17) is 9.47 Å². The van der Waals surface area contributed by atoms with Crippen LogP contribution in [0.5, 0.6) is 0 Å². The van der Waals surface area contributed by atoms with Crippen molar-refractivity contribution in [3.05, 3.63) is 0 Å². The summed E-state index contributed by atoms with van der Waals surface area (Å²) in [5.74, 6) is 1.56. The van der Waals surface area contributed by atoms with Crippen LogP contribution in [0.25, 0.3) is 0 Å². The van der Waals surface area contributed by atoms with Crippen molar-refractivity contribution >= 4 is 17.7 Å². The lowest BCUT2D eigenvalue weighted by molar-refractivity contribution is -0.181. The Hall–Kier alpha value is -1.43. The van der Waals surface area contributed by atoms with Crippen LogP contribution in [0.2, 0.25) is 0 Å². The molecule has 0 aromatic carbocycles. The summed E-state index contributed by atoms with van der Waals surface area (Å²) in [6.07, 6.45) is 7.40. The number of Topliss-reactive ketones (excluding diaryl/α,β-unsaturated/α-hetero) is 1. The molecule has 1 N–H and O–H groups in total. The summed E-state index contributed by atoms with van der Waals surface area (Å²) in [7, 11) is 0. The predicted octanol–water partition coefficient (Wildman–Crippen LogP) is 3.29.